The molecule has 0 aliphatic heterocycles. The molecular weight excluding hydrogens is 250 g/mol. The number of anilines is 2. The van der Waals surface area contributed by atoms with Gasteiger partial charge >= 0.3 is 6.01 Å². The average molecular weight is 265 g/mol. The summed E-state index contributed by atoms with van der Waals surface area (Å²) in [4.78, 5) is 16.4. The van der Waals surface area contributed by atoms with Crippen molar-refractivity contribution in [2.75, 3.05) is 24.3 Å². The normalized spacial score (nSPS) is 10.3. The molecule has 0 atom stereocenters. The van der Waals surface area contributed by atoms with E-state index in [9.17, 15) is 0 Å². The highest BCUT2D eigenvalue weighted by molar-refractivity contribution is 5.35. The fourth-order valence-corrected chi connectivity index (χ4v) is 1.31. The standard InChI is InChI=1S/C10H15N7O2/c1-4-18-10-15-8(11-3)14-9(16-10)12-5-7-13-6(2)17-19-7/h4-5H2,1-3H3,(H2,11,12,14,15,16). The van der Waals surface area contributed by atoms with Crippen molar-refractivity contribution in [3.8, 4) is 6.01 Å². The molecule has 2 aromatic rings. The van der Waals surface area contributed by atoms with Gasteiger partial charge in [-0.05, 0) is 13.8 Å². The van der Waals surface area contributed by atoms with Gasteiger partial charge in [-0.2, -0.15) is 19.9 Å². The van der Waals surface area contributed by atoms with Crippen LogP contribution in [-0.4, -0.2) is 38.7 Å². The van der Waals surface area contributed by atoms with Gasteiger partial charge in [0, 0.05) is 7.05 Å². The molecule has 2 aromatic heterocycles. The highest BCUT2D eigenvalue weighted by Crippen LogP contribution is 2.11. The average Bonchev–Trinajstić information content (AvgIpc) is 2.82. The highest BCUT2D eigenvalue weighted by Gasteiger charge is 2.08. The molecule has 2 N–H and O–H groups in total. The molecular formula is C10H15N7O2. The van der Waals surface area contributed by atoms with Crippen LogP contribution in [0, 0.1) is 6.92 Å². The Hall–Kier alpha value is -2.45. The van der Waals surface area contributed by atoms with Crippen LogP contribution in [0.2, 0.25) is 0 Å². The van der Waals surface area contributed by atoms with Crippen molar-refractivity contribution >= 4 is 11.9 Å². The van der Waals surface area contributed by atoms with E-state index in [0.717, 1.165) is 0 Å². The largest absolute Gasteiger partial charge is 0.464 e. The summed E-state index contributed by atoms with van der Waals surface area (Å²) in [7, 11) is 1.72. The lowest BCUT2D eigenvalue weighted by molar-refractivity contribution is 0.312. The van der Waals surface area contributed by atoms with Gasteiger partial charge in [0.25, 0.3) is 0 Å². The summed E-state index contributed by atoms with van der Waals surface area (Å²) in [5.74, 6) is 1.83. The van der Waals surface area contributed by atoms with E-state index in [-0.39, 0.29) is 6.01 Å². The lowest BCUT2D eigenvalue weighted by atomic mass is 10.6. The SMILES string of the molecule is CCOc1nc(NC)nc(NCc2nc(C)no2)n1. The first-order valence-corrected chi connectivity index (χ1v) is 5.81. The van der Waals surface area contributed by atoms with E-state index in [1.54, 1.807) is 14.0 Å². The van der Waals surface area contributed by atoms with Gasteiger partial charge in [0.15, 0.2) is 5.82 Å². The second-order valence-corrected chi connectivity index (χ2v) is 3.54. The molecule has 0 aliphatic rings. The Bertz CT molecular complexity index is 542. The van der Waals surface area contributed by atoms with E-state index < -0.39 is 0 Å². The predicted octanol–water partition coefficient (Wildman–Crippen LogP) is 0.616. The van der Waals surface area contributed by atoms with Crippen LogP contribution in [0.3, 0.4) is 0 Å². The summed E-state index contributed by atoms with van der Waals surface area (Å²) in [5, 5.41) is 9.50. The van der Waals surface area contributed by atoms with Crippen LogP contribution >= 0.6 is 0 Å². The maximum Gasteiger partial charge on any atom is 0.323 e. The molecule has 0 amide bonds. The van der Waals surface area contributed by atoms with Crippen LogP contribution in [0.25, 0.3) is 0 Å². The third-order valence-corrected chi connectivity index (χ3v) is 2.08. The lowest BCUT2D eigenvalue weighted by Crippen LogP contribution is -2.09. The van der Waals surface area contributed by atoms with E-state index in [2.05, 4.69) is 35.7 Å². The molecule has 0 saturated carbocycles. The number of aromatic nitrogens is 5. The first-order valence-electron chi connectivity index (χ1n) is 5.81. The molecule has 0 aliphatic carbocycles. The van der Waals surface area contributed by atoms with Crippen molar-refractivity contribution in [2.24, 2.45) is 0 Å². The quantitative estimate of drug-likeness (QED) is 0.776. The number of aryl methyl sites for hydroxylation is 1. The van der Waals surface area contributed by atoms with Gasteiger partial charge < -0.3 is 19.9 Å². The van der Waals surface area contributed by atoms with E-state index in [0.29, 0.717) is 36.8 Å². The summed E-state index contributed by atoms with van der Waals surface area (Å²) in [6, 6.07) is 0.256. The molecule has 0 spiro atoms. The second-order valence-electron chi connectivity index (χ2n) is 3.54. The van der Waals surface area contributed by atoms with Gasteiger partial charge in [0.05, 0.1) is 13.2 Å². The summed E-state index contributed by atoms with van der Waals surface area (Å²) >= 11 is 0. The van der Waals surface area contributed by atoms with Crippen molar-refractivity contribution in [2.45, 2.75) is 20.4 Å². The van der Waals surface area contributed by atoms with Crippen LogP contribution in [0.15, 0.2) is 4.52 Å². The number of nitrogens with zero attached hydrogens (tertiary/aromatic N) is 5. The number of ether oxygens (including phenoxy) is 1. The molecule has 19 heavy (non-hydrogen) atoms. The van der Waals surface area contributed by atoms with Crippen LogP contribution in [0.4, 0.5) is 11.9 Å². The Morgan fingerprint density at radius 3 is 2.58 bits per heavy atom. The van der Waals surface area contributed by atoms with Gasteiger partial charge in [-0.15, -0.1) is 0 Å². The zero-order valence-electron chi connectivity index (χ0n) is 11.0. The molecule has 0 unspecified atom stereocenters. The smallest absolute Gasteiger partial charge is 0.323 e. The van der Waals surface area contributed by atoms with Gasteiger partial charge in [-0.3, -0.25) is 0 Å². The Kier molecular flexibility index (Phi) is 4.06. The monoisotopic (exact) mass is 265 g/mol. The molecule has 0 bridgehead atoms. The molecule has 0 fully saturated rings. The van der Waals surface area contributed by atoms with E-state index in [1.165, 1.54) is 0 Å². The predicted molar refractivity (Wildman–Crippen MR) is 66.9 cm³/mol. The van der Waals surface area contributed by atoms with Gasteiger partial charge in [0.2, 0.25) is 17.8 Å². The Morgan fingerprint density at radius 1 is 1.16 bits per heavy atom. The number of hydrogen-bond acceptors (Lipinski definition) is 9. The van der Waals surface area contributed by atoms with Crippen LogP contribution in [0.5, 0.6) is 6.01 Å². The molecule has 2 rings (SSSR count). The van der Waals surface area contributed by atoms with Crippen molar-refractivity contribution in [1.82, 2.24) is 25.1 Å². The molecule has 9 heteroatoms. The number of nitrogens with one attached hydrogen (secondary N) is 2. The molecule has 9 nitrogen and oxygen atoms in total. The van der Waals surface area contributed by atoms with Crippen molar-refractivity contribution in [3.63, 3.8) is 0 Å². The lowest BCUT2D eigenvalue weighted by Gasteiger charge is -2.07. The molecule has 0 aromatic carbocycles. The van der Waals surface area contributed by atoms with E-state index in [1.807, 2.05) is 6.92 Å². The third kappa shape index (κ3) is 3.50. The van der Waals surface area contributed by atoms with E-state index in [4.69, 9.17) is 9.26 Å². The minimum Gasteiger partial charge on any atom is -0.464 e. The summed E-state index contributed by atoms with van der Waals surface area (Å²) < 4.78 is 10.2. The zero-order valence-corrected chi connectivity index (χ0v) is 11.0. The van der Waals surface area contributed by atoms with E-state index >= 15 is 0 Å². The van der Waals surface area contributed by atoms with Crippen molar-refractivity contribution in [3.05, 3.63) is 11.7 Å². The minimum atomic E-state index is 0.256. The Balaban J connectivity index is 2.08. The van der Waals surface area contributed by atoms with Crippen molar-refractivity contribution in [1.29, 1.82) is 0 Å². The van der Waals surface area contributed by atoms with Gasteiger partial charge in [-0.1, -0.05) is 5.16 Å². The summed E-state index contributed by atoms with van der Waals surface area (Å²) in [6.45, 7) is 4.43. The van der Waals surface area contributed by atoms with Crippen LogP contribution < -0.4 is 15.4 Å². The minimum absolute atomic E-state index is 0.256. The summed E-state index contributed by atoms with van der Waals surface area (Å²) in [6.07, 6.45) is 0. The fourth-order valence-electron chi connectivity index (χ4n) is 1.31. The first kappa shape index (κ1) is 13.0. The molecule has 102 valence electrons. The fraction of sp³-hybridized carbons (Fsp3) is 0.500. The molecule has 0 radical (unpaired) electrons. The van der Waals surface area contributed by atoms with Gasteiger partial charge in [0.1, 0.15) is 0 Å². The number of hydrogen-bond donors (Lipinski definition) is 2. The van der Waals surface area contributed by atoms with Gasteiger partial charge in [-0.25, -0.2) is 0 Å². The molecule has 2 heterocycles. The second kappa shape index (κ2) is 5.94. The topological polar surface area (TPSA) is 111 Å². The maximum absolute atomic E-state index is 5.25. The highest BCUT2D eigenvalue weighted by atomic mass is 16.5. The Morgan fingerprint density at radius 2 is 1.95 bits per heavy atom. The summed E-state index contributed by atoms with van der Waals surface area (Å²) in [5.41, 5.74) is 0. The molecule has 0 saturated heterocycles. The number of rotatable bonds is 6. The van der Waals surface area contributed by atoms with Crippen LogP contribution in [0.1, 0.15) is 18.6 Å². The first-order chi connectivity index (χ1) is 9.21. The van der Waals surface area contributed by atoms with Crippen molar-refractivity contribution < 1.29 is 9.26 Å². The third-order valence-electron chi connectivity index (χ3n) is 2.08. The Labute approximate surface area is 109 Å². The maximum atomic E-state index is 5.25. The zero-order chi connectivity index (χ0) is 13.7. The van der Waals surface area contributed by atoms with Crippen LogP contribution in [-0.2, 0) is 6.54 Å².